The molecule has 17 heavy (non-hydrogen) atoms. The first-order chi connectivity index (χ1) is 8.26. The van der Waals surface area contributed by atoms with Crippen LogP contribution in [0.1, 0.15) is 17.3 Å². The monoisotopic (exact) mass is 229 g/mol. The highest BCUT2D eigenvalue weighted by atomic mass is 16.1. The van der Waals surface area contributed by atoms with E-state index in [1.54, 1.807) is 13.1 Å². The third kappa shape index (κ3) is 2.20. The van der Waals surface area contributed by atoms with Gasteiger partial charge in [-0.3, -0.25) is 4.79 Å². The zero-order chi connectivity index (χ0) is 12.3. The van der Waals surface area contributed by atoms with E-state index in [1.165, 1.54) is 0 Å². The highest BCUT2D eigenvalue weighted by Gasteiger charge is 2.10. The van der Waals surface area contributed by atoms with Gasteiger partial charge < -0.3 is 10.6 Å². The maximum atomic E-state index is 11.8. The first kappa shape index (κ1) is 11.4. The molecule has 88 valence electrons. The van der Waals surface area contributed by atoms with E-state index in [1.807, 2.05) is 31.2 Å². The van der Waals surface area contributed by atoms with Crippen LogP contribution in [-0.4, -0.2) is 24.5 Å². The Labute approximate surface area is 100 Å². The van der Waals surface area contributed by atoms with E-state index in [9.17, 15) is 4.79 Å². The van der Waals surface area contributed by atoms with Crippen LogP contribution in [0.2, 0.25) is 0 Å². The molecule has 0 saturated carbocycles. The predicted molar refractivity (Wildman–Crippen MR) is 69.3 cm³/mol. The highest BCUT2D eigenvalue weighted by Crippen LogP contribution is 2.20. The van der Waals surface area contributed by atoms with E-state index in [-0.39, 0.29) is 5.91 Å². The number of carbonyl (C=O) groups is 1. The number of nitrogens with one attached hydrogen (secondary N) is 2. The molecule has 0 fully saturated rings. The number of pyridine rings is 1. The van der Waals surface area contributed by atoms with Gasteiger partial charge in [0.1, 0.15) is 5.82 Å². The average Bonchev–Trinajstić information content (AvgIpc) is 2.37. The largest absolute Gasteiger partial charge is 0.370 e. The molecule has 0 saturated heterocycles. The van der Waals surface area contributed by atoms with Gasteiger partial charge >= 0.3 is 0 Å². The number of carbonyl (C=O) groups excluding carboxylic acids is 1. The molecule has 2 N–H and O–H groups in total. The van der Waals surface area contributed by atoms with Gasteiger partial charge in [-0.2, -0.15) is 0 Å². The van der Waals surface area contributed by atoms with Crippen LogP contribution in [0.4, 0.5) is 5.82 Å². The first-order valence-electron chi connectivity index (χ1n) is 5.62. The third-order valence-corrected chi connectivity index (χ3v) is 2.55. The van der Waals surface area contributed by atoms with Gasteiger partial charge in [-0.05, 0) is 19.1 Å². The maximum Gasteiger partial charge on any atom is 0.251 e. The van der Waals surface area contributed by atoms with E-state index >= 15 is 0 Å². The van der Waals surface area contributed by atoms with Crippen LogP contribution in [0.5, 0.6) is 0 Å². The van der Waals surface area contributed by atoms with E-state index in [0.29, 0.717) is 5.56 Å². The minimum Gasteiger partial charge on any atom is -0.370 e. The maximum absolute atomic E-state index is 11.8. The number of fused-ring (bicyclic) bond motifs is 1. The van der Waals surface area contributed by atoms with Crippen molar-refractivity contribution >= 4 is 22.6 Å². The number of rotatable bonds is 3. The molecule has 0 spiro atoms. The number of nitrogens with zero attached hydrogens (tertiary/aromatic N) is 1. The summed E-state index contributed by atoms with van der Waals surface area (Å²) in [6, 6.07) is 9.41. The Morgan fingerprint density at radius 2 is 2.12 bits per heavy atom. The fraction of sp³-hybridized carbons (Fsp3) is 0.231. The molecule has 0 atom stereocenters. The Morgan fingerprint density at radius 3 is 2.82 bits per heavy atom. The summed E-state index contributed by atoms with van der Waals surface area (Å²) < 4.78 is 0. The Hall–Kier alpha value is -2.10. The van der Waals surface area contributed by atoms with Crippen molar-refractivity contribution in [1.29, 1.82) is 0 Å². The molecule has 1 aromatic heterocycles. The van der Waals surface area contributed by atoms with Crippen molar-refractivity contribution in [2.45, 2.75) is 6.92 Å². The summed E-state index contributed by atoms with van der Waals surface area (Å²) in [7, 11) is 1.63. The van der Waals surface area contributed by atoms with Crippen molar-refractivity contribution in [1.82, 2.24) is 10.3 Å². The van der Waals surface area contributed by atoms with E-state index in [4.69, 9.17) is 0 Å². The topological polar surface area (TPSA) is 54.0 Å². The van der Waals surface area contributed by atoms with Crippen LogP contribution >= 0.6 is 0 Å². The summed E-state index contributed by atoms with van der Waals surface area (Å²) in [5, 5.41) is 6.65. The second-order valence-electron chi connectivity index (χ2n) is 3.68. The predicted octanol–water partition coefficient (Wildman–Crippen LogP) is 2.03. The number of anilines is 1. The molecule has 1 aromatic carbocycles. The third-order valence-electron chi connectivity index (χ3n) is 2.55. The number of hydrogen-bond donors (Lipinski definition) is 2. The lowest BCUT2D eigenvalue weighted by molar-refractivity contribution is 0.0964. The summed E-state index contributed by atoms with van der Waals surface area (Å²) in [6.45, 7) is 2.77. The SMILES string of the molecule is CCNc1cc(C(=O)NC)c2ccccc2n1. The molecule has 0 radical (unpaired) electrons. The molecule has 0 unspecified atom stereocenters. The minimum absolute atomic E-state index is 0.0947. The zero-order valence-electron chi connectivity index (χ0n) is 9.95. The number of benzene rings is 1. The lowest BCUT2D eigenvalue weighted by atomic mass is 10.1. The molecular formula is C13H15N3O. The normalized spacial score (nSPS) is 10.2. The minimum atomic E-state index is -0.0947. The van der Waals surface area contributed by atoms with Crippen molar-refractivity contribution in [2.24, 2.45) is 0 Å². The lowest BCUT2D eigenvalue weighted by Gasteiger charge is -2.09. The van der Waals surface area contributed by atoms with Crippen LogP contribution < -0.4 is 10.6 Å². The Bertz CT molecular complexity index is 551. The summed E-state index contributed by atoms with van der Waals surface area (Å²) in [5.41, 5.74) is 1.47. The van der Waals surface area contributed by atoms with Crippen LogP contribution in [0.25, 0.3) is 10.9 Å². The quantitative estimate of drug-likeness (QED) is 0.846. The summed E-state index contributed by atoms with van der Waals surface area (Å²) >= 11 is 0. The van der Waals surface area contributed by atoms with E-state index < -0.39 is 0 Å². The van der Waals surface area contributed by atoms with E-state index in [2.05, 4.69) is 15.6 Å². The Balaban J connectivity index is 2.64. The molecule has 0 bridgehead atoms. The molecule has 2 rings (SSSR count). The molecule has 4 heteroatoms. The van der Waals surface area contributed by atoms with Crippen molar-refractivity contribution in [3.8, 4) is 0 Å². The first-order valence-corrected chi connectivity index (χ1v) is 5.62. The average molecular weight is 229 g/mol. The van der Waals surface area contributed by atoms with Crippen LogP contribution in [0.15, 0.2) is 30.3 Å². The van der Waals surface area contributed by atoms with Crippen LogP contribution in [-0.2, 0) is 0 Å². The van der Waals surface area contributed by atoms with Crippen molar-refractivity contribution in [3.05, 3.63) is 35.9 Å². The van der Waals surface area contributed by atoms with Gasteiger partial charge in [0.2, 0.25) is 0 Å². The molecule has 1 amide bonds. The summed E-state index contributed by atoms with van der Waals surface area (Å²) in [6.07, 6.45) is 0. The van der Waals surface area contributed by atoms with Crippen LogP contribution in [0, 0.1) is 0 Å². The molecule has 0 aliphatic heterocycles. The second-order valence-corrected chi connectivity index (χ2v) is 3.68. The van der Waals surface area contributed by atoms with Gasteiger partial charge in [-0.25, -0.2) is 4.98 Å². The second kappa shape index (κ2) is 4.82. The summed E-state index contributed by atoms with van der Waals surface area (Å²) in [5.74, 6) is 0.632. The zero-order valence-corrected chi connectivity index (χ0v) is 9.95. The number of hydrogen-bond acceptors (Lipinski definition) is 3. The molecule has 0 aliphatic rings. The summed E-state index contributed by atoms with van der Waals surface area (Å²) in [4.78, 5) is 16.3. The molecule has 1 heterocycles. The van der Waals surface area contributed by atoms with Gasteiger partial charge in [0.15, 0.2) is 0 Å². The number of para-hydroxylation sites is 1. The Kier molecular flexibility index (Phi) is 3.23. The van der Waals surface area contributed by atoms with Gasteiger partial charge in [-0.1, -0.05) is 18.2 Å². The van der Waals surface area contributed by atoms with Crippen LogP contribution in [0.3, 0.4) is 0 Å². The van der Waals surface area contributed by atoms with Crippen molar-refractivity contribution in [3.63, 3.8) is 0 Å². The van der Waals surface area contributed by atoms with E-state index in [0.717, 1.165) is 23.3 Å². The van der Waals surface area contributed by atoms with Gasteiger partial charge in [0, 0.05) is 19.0 Å². The number of aromatic nitrogens is 1. The lowest BCUT2D eigenvalue weighted by Crippen LogP contribution is -2.18. The van der Waals surface area contributed by atoms with Gasteiger partial charge in [-0.15, -0.1) is 0 Å². The van der Waals surface area contributed by atoms with Crippen molar-refractivity contribution < 1.29 is 4.79 Å². The fourth-order valence-electron chi connectivity index (χ4n) is 1.77. The molecule has 0 aliphatic carbocycles. The van der Waals surface area contributed by atoms with Gasteiger partial charge in [0.25, 0.3) is 5.91 Å². The van der Waals surface area contributed by atoms with Crippen molar-refractivity contribution in [2.75, 3.05) is 18.9 Å². The smallest absolute Gasteiger partial charge is 0.251 e. The molecular weight excluding hydrogens is 214 g/mol. The number of amides is 1. The van der Waals surface area contributed by atoms with Gasteiger partial charge in [0.05, 0.1) is 11.1 Å². The highest BCUT2D eigenvalue weighted by molar-refractivity contribution is 6.06. The molecule has 4 nitrogen and oxygen atoms in total. The Morgan fingerprint density at radius 1 is 1.35 bits per heavy atom. The standard InChI is InChI=1S/C13H15N3O/c1-3-15-12-8-10(13(17)14-2)9-6-4-5-7-11(9)16-12/h4-8H,3H2,1-2H3,(H,14,17)(H,15,16). The fourth-order valence-corrected chi connectivity index (χ4v) is 1.77. The molecule has 2 aromatic rings.